The van der Waals surface area contributed by atoms with Gasteiger partial charge in [-0.25, -0.2) is 14.4 Å². The van der Waals surface area contributed by atoms with Gasteiger partial charge in [0.2, 0.25) is 29.5 Å². The van der Waals surface area contributed by atoms with Crippen molar-refractivity contribution in [3.05, 3.63) is 48.2 Å². The van der Waals surface area contributed by atoms with Gasteiger partial charge in [0.15, 0.2) is 24.2 Å². The zero-order chi connectivity index (χ0) is 54.3. The maximum Gasteiger partial charge on any atom is 0.333 e. The Morgan fingerprint density at radius 1 is 0.845 bits per heavy atom. The lowest BCUT2D eigenvalue weighted by molar-refractivity contribution is -0.176. The second kappa shape index (κ2) is 27.4. The topological polar surface area (TPSA) is 312 Å². The van der Waals surface area contributed by atoms with E-state index in [0.29, 0.717) is 5.56 Å². The van der Waals surface area contributed by atoms with Crippen LogP contribution in [0.25, 0.3) is 0 Å². The summed E-state index contributed by atoms with van der Waals surface area (Å²) in [6, 6.07) is -1.66. The summed E-state index contributed by atoms with van der Waals surface area (Å²) >= 11 is 0. The maximum atomic E-state index is 15.0. The van der Waals surface area contributed by atoms with Crippen LogP contribution in [0, 0.1) is 11.8 Å². The number of nitrogens with one attached hydrogen (secondary N) is 4. The van der Waals surface area contributed by atoms with Crippen LogP contribution in [0.15, 0.2) is 42.6 Å². The van der Waals surface area contributed by atoms with Gasteiger partial charge in [-0.2, -0.15) is 0 Å². The van der Waals surface area contributed by atoms with Crippen LogP contribution in [0.5, 0.6) is 0 Å². The van der Waals surface area contributed by atoms with E-state index in [1.807, 2.05) is 0 Å². The Hall–Kier alpha value is -6.23. The Bertz CT molecular complexity index is 2160. The molecular formula is C46H70N7O17P. The van der Waals surface area contributed by atoms with E-state index in [-0.39, 0.29) is 6.42 Å². The average Bonchev–Trinajstić information content (AvgIpc) is 3.29. The summed E-state index contributed by atoms with van der Waals surface area (Å²) in [6.07, 6.45) is -7.85. The minimum atomic E-state index is -3.67. The summed E-state index contributed by atoms with van der Waals surface area (Å²) < 4.78 is 39.8. The highest BCUT2D eigenvalue weighted by atomic mass is 31.1. The first-order valence-electron chi connectivity index (χ1n) is 22.7. The molecule has 24 nitrogen and oxygen atoms in total. The van der Waals surface area contributed by atoms with Crippen LogP contribution in [0.2, 0.25) is 0 Å². The first kappa shape index (κ1) is 60.9. The predicted molar refractivity (Wildman–Crippen MR) is 253 cm³/mol. The van der Waals surface area contributed by atoms with Crippen molar-refractivity contribution in [2.75, 3.05) is 28.3 Å². The van der Waals surface area contributed by atoms with E-state index in [9.17, 15) is 52.6 Å². The van der Waals surface area contributed by atoms with Crippen molar-refractivity contribution in [3.8, 4) is 0 Å². The Labute approximate surface area is 414 Å². The molecule has 1 saturated heterocycles. The lowest BCUT2D eigenvalue weighted by Crippen LogP contribution is -2.64. The normalized spacial score (nSPS) is 25.1. The Morgan fingerprint density at radius 3 is 1.94 bits per heavy atom. The summed E-state index contributed by atoms with van der Waals surface area (Å²) in [5.41, 5.74) is 0.0253. The SMILES string of the molecule is C=C1C(=O)N[C@@H](C)C(=O)N(C)[C@@H](C)C(=O)N[C@@H]([C@H](OC(=O)[C@@H](NC(C)=O)[C@@H](C)O[PH](=O)O)C(C)C)C(=O)N(C)[C@@H]([C@@H](C)OC)C(=O)O[C@H](C(C)C)[C@H](NC(C)=O)C(=O)O[C@H](Cc2ccccc2)C(=O)N1C. The highest BCUT2D eigenvalue weighted by molar-refractivity contribution is 7.32. The summed E-state index contributed by atoms with van der Waals surface area (Å²) in [5.74, 6) is -11.9. The molecule has 1 heterocycles. The van der Waals surface area contributed by atoms with E-state index in [4.69, 9.17) is 23.5 Å². The minimum Gasteiger partial charge on any atom is -0.458 e. The number of benzene rings is 1. The van der Waals surface area contributed by atoms with E-state index >= 15 is 4.79 Å². The molecule has 1 unspecified atom stereocenters. The highest BCUT2D eigenvalue weighted by Gasteiger charge is 2.47. The number of hydrogen-bond donors (Lipinski definition) is 5. The maximum absolute atomic E-state index is 15.0. The van der Waals surface area contributed by atoms with Crippen LogP contribution in [0.1, 0.15) is 74.8 Å². The molecule has 1 aromatic carbocycles. The number of carbonyl (C=O) groups is 10. The van der Waals surface area contributed by atoms with Gasteiger partial charge in [0.05, 0.1) is 12.2 Å². The Balaban J connectivity index is 2.97. The number of amides is 7. The lowest BCUT2D eigenvalue weighted by atomic mass is 9.96. The number of likely N-dealkylation sites (N-methyl/N-ethyl adjacent to an activating group) is 3. The van der Waals surface area contributed by atoms with Crippen molar-refractivity contribution in [1.29, 1.82) is 0 Å². The molecule has 0 aliphatic carbocycles. The molecule has 1 aliphatic heterocycles. The standard InChI is InChI=1S/C46H70N7O17P/c1-22(2)37(68-44(61)33(48-29(10)54)27(8)70-71(64)65)34-43(60)53(14)36(28(9)66-15)46(63)69-38(23(3)4)35(49-30(11)55)45(62)67-32(21-31-19-17-16-18-20-31)42(59)52(13)25(6)39(56)47-24(5)41(58)51(12)26(7)40(57)50-34/h16-20,22-24,26-28,32-38,71H,6,21H2,1-5,7-15H3,(H,47,56)(H,48,54)(H,49,55)(H,50,57)(H,64,65)/t24-,26-,27+,28+,32+,33-,34-,35-,36-,37+,38+/m0/s1. The van der Waals surface area contributed by atoms with Gasteiger partial charge in [0, 0.05) is 48.5 Å². The fourth-order valence-electron chi connectivity index (χ4n) is 7.34. The number of hydrogen-bond acceptors (Lipinski definition) is 16. The number of nitrogens with zero attached hydrogens (tertiary/aromatic N) is 3. The van der Waals surface area contributed by atoms with Crippen molar-refractivity contribution >= 4 is 67.5 Å². The molecule has 0 bridgehead atoms. The van der Waals surface area contributed by atoms with Gasteiger partial charge in [-0.15, -0.1) is 0 Å². The van der Waals surface area contributed by atoms with Gasteiger partial charge in [0.1, 0.15) is 36.0 Å². The van der Waals surface area contributed by atoms with Crippen LogP contribution < -0.4 is 21.3 Å². The fraction of sp³-hybridized carbons (Fsp3) is 0.609. The summed E-state index contributed by atoms with van der Waals surface area (Å²) in [4.78, 5) is 151. The number of ether oxygens (including phenoxy) is 4. The molecule has 2 rings (SSSR count). The summed E-state index contributed by atoms with van der Waals surface area (Å²) in [6.45, 7) is 17.1. The van der Waals surface area contributed by atoms with E-state index in [1.165, 1.54) is 62.7 Å². The van der Waals surface area contributed by atoms with Gasteiger partial charge >= 0.3 is 26.2 Å². The fourth-order valence-corrected chi connectivity index (χ4v) is 7.80. The molecule has 5 N–H and O–H groups in total. The molecule has 1 aromatic rings. The zero-order valence-corrected chi connectivity index (χ0v) is 43.6. The minimum absolute atomic E-state index is 0.248. The summed E-state index contributed by atoms with van der Waals surface area (Å²) in [5, 5.41) is 9.70. The Kier molecular flexibility index (Phi) is 23.5. The van der Waals surface area contributed by atoms with Crippen molar-refractivity contribution in [3.63, 3.8) is 0 Å². The molecule has 71 heavy (non-hydrogen) atoms. The van der Waals surface area contributed by atoms with E-state index in [2.05, 4.69) is 27.8 Å². The van der Waals surface area contributed by atoms with Crippen molar-refractivity contribution in [1.82, 2.24) is 36.0 Å². The first-order valence-corrected chi connectivity index (χ1v) is 24.0. The number of rotatable bonds is 14. The van der Waals surface area contributed by atoms with Crippen molar-refractivity contribution in [2.45, 2.75) is 142 Å². The van der Waals surface area contributed by atoms with Gasteiger partial charge in [0.25, 0.3) is 11.8 Å². The smallest absolute Gasteiger partial charge is 0.333 e. The molecule has 25 heteroatoms. The molecule has 1 fully saturated rings. The third-order valence-electron chi connectivity index (χ3n) is 11.7. The second-order valence-electron chi connectivity index (χ2n) is 17.8. The Morgan fingerprint density at radius 2 is 1.44 bits per heavy atom. The molecule has 7 amide bonds. The molecule has 12 atom stereocenters. The molecule has 1 aliphatic rings. The average molecular weight is 1020 g/mol. The molecule has 0 radical (unpaired) electrons. The van der Waals surface area contributed by atoms with Crippen LogP contribution >= 0.6 is 8.25 Å². The molecule has 0 saturated carbocycles. The third kappa shape index (κ3) is 17.0. The number of esters is 3. The predicted octanol–water partition coefficient (Wildman–Crippen LogP) is -0.243. The van der Waals surface area contributed by atoms with Gasteiger partial charge in [-0.3, -0.25) is 38.1 Å². The van der Waals surface area contributed by atoms with Crippen LogP contribution in [0.3, 0.4) is 0 Å². The molecule has 0 aromatic heterocycles. The molecule has 0 spiro atoms. The van der Waals surface area contributed by atoms with E-state index < -0.39 is 152 Å². The first-order chi connectivity index (χ1) is 33.0. The molecule has 396 valence electrons. The van der Waals surface area contributed by atoms with Crippen molar-refractivity contribution < 1.29 is 80.9 Å². The van der Waals surface area contributed by atoms with Gasteiger partial charge in [-0.05, 0) is 45.1 Å². The highest BCUT2D eigenvalue weighted by Crippen LogP contribution is 2.25. The number of cyclic esters (lactones) is 2. The monoisotopic (exact) mass is 1020 g/mol. The largest absolute Gasteiger partial charge is 0.458 e. The second-order valence-corrected chi connectivity index (χ2v) is 18.6. The number of carbonyl (C=O) groups excluding carboxylic acids is 10. The van der Waals surface area contributed by atoms with E-state index in [0.717, 1.165) is 35.6 Å². The summed E-state index contributed by atoms with van der Waals surface area (Å²) in [7, 11) is 1.10. The lowest BCUT2D eigenvalue weighted by Gasteiger charge is -2.38. The third-order valence-corrected chi connectivity index (χ3v) is 12.2. The van der Waals surface area contributed by atoms with Crippen LogP contribution in [0.4, 0.5) is 0 Å². The van der Waals surface area contributed by atoms with Gasteiger partial charge in [-0.1, -0.05) is 64.6 Å². The number of methoxy groups -OCH3 is 1. The quantitative estimate of drug-likeness (QED) is 0.0695. The van der Waals surface area contributed by atoms with E-state index in [1.54, 1.807) is 44.2 Å². The van der Waals surface area contributed by atoms with Crippen molar-refractivity contribution in [2.24, 2.45) is 11.8 Å². The molecular weight excluding hydrogens is 954 g/mol. The zero-order valence-electron chi connectivity index (χ0n) is 42.6. The van der Waals surface area contributed by atoms with Crippen LogP contribution in [-0.2, 0) is 82.4 Å². The van der Waals surface area contributed by atoms with Gasteiger partial charge < -0.3 is 64.3 Å². The van der Waals surface area contributed by atoms with Crippen LogP contribution in [-0.4, -0.2) is 174 Å².